The van der Waals surface area contributed by atoms with E-state index in [9.17, 15) is 22.4 Å². The van der Waals surface area contributed by atoms with Crippen molar-refractivity contribution in [3.63, 3.8) is 0 Å². The fourth-order valence-corrected chi connectivity index (χ4v) is 2.87. The Kier molecular flexibility index (Phi) is 7.51. The van der Waals surface area contributed by atoms with Crippen LogP contribution in [0.5, 0.6) is 0 Å². The minimum atomic E-state index is -5.08. The number of rotatable bonds is 5. The van der Waals surface area contributed by atoms with E-state index in [1.807, 2.05) is 40.9 Å². The number of carbonyl (C=O) groups is 2. The first-order valence-corrected chi connectivity index (χ1v) is 9.69. The fraction of sp³-hybridized carbons (Fsp3) is 0.136. The topological polar surface area (TPSA) is 109 Å². The van der Waals surface area contributed by atoms with Crippen molar-refractivity contribution in [3.05, 3.63) is 95.8 Å². The number of hydrogen-bond donors (Lipinski definition) is 2. The SMILES string of the molecule is O=C(NCc1ncccc1F)c1nc(Cc2cccnc2)n2ccccc12.O=C(O)C(F)(F)F. The fourth-order valence-electron chi connectivity index (χ4n) is 2.87. The molecule has 4 aromatic heterocycles. The molecule has 0 unspecified atom stereocenters. The van der Waals surface area contributed by atoms with E-state index in [1.165, 1.54) is 18.3 Å². The highest BCUT2D eigenvalue weighted by Crippen LogP contribution is 2.16. The largest absolute Gasteiger partial charge is 0.490 e. The summed E-state index contributed by atoms with van der Waals surface area (Å²) in [6.07, 6.45) is 2.30. The Morgan fingerprint density at radius 1 is 1.06 bits per heavy atom. The molecule has 0 aliphatic carbocycles. The lowest BCUT2D eigenvalue weighted by Crippen LogP contribution is -2.24. The number of hydrogen-bond acceptors (Lipinski definition) is 5. The average Bonchev–Trinajstić information content (AvgIpc) is 3.17. The number of carboxylic acids is 1. The lowest BCUT2D eigenvalue weighted by atomic mass is 10.2. The number of fused-ring (bicyclic) bond motifs is 1. The maximum absolute atomic E-state index is 13.7. The molecule has 2 N–H and O–H groups in total. The molecule has 0 aromatic carbocycles. The number of alkyl halides is 3. The van der Waals surface area contributed by atoms with Gasteiger partial charge in [-0.3, -0.25) is 14.8 Å². The summed E-state index contributed by atoms with van der Waals surface area (Å²) in [5.41, 5.74) is 2.17. The van der Waals surface area contributed by atoms with Crippen LogP contribution in [0.3, 0.4) is 0 Å². The molecule has 8 nitrogen and oxygen atoms in total. The maximum atomic E-state index is 13.7. The van der Waals surface area contributed by atoms with Crippen LogP contribution in [0.2, 0.25) is 0 Å². The smallest absolute Gasteiger partial charge is 0.475 e. The summed E-state index contributed by atoms with van der Waals surface area (Å²) in [4.78, 5) is 34.1. The molecular weight excluding hydrogens is 458 g/mol. The van der Waals surface area contributed by atoms with Gasteiger partial charge in [0.25, 0.3) is 5.91 Å². The predicted octanol–water partition coefficient (Wildman–Crippen LogP) is 3.42. The second-order valence-electron chi connectivity index (χ2n) is 6.79. The number of nitrogens with zero attached hydrogens (tertiary/aromatic N) is 4. The Balaban J connectivity index is 0.000000406. The van der Waals surface area contributed by atoms with Gasteiger partial charge in [-0.05, 0) is 35.9 Å². The molecule has 0 saturated carbocycles. The molecule has 0 radical (unpaired) electrons. The summed E-state index contributed by atoms with van der Waals surface area (Å²) >= 11 is 0. The Morgan fingerprint density at radius 3 is 2.44 bits per heavy atom. The average molecular weight is 475 g/mol. The lowest BCUT2D eigenvalue weighted by Gasteiger charge is -2.04. The molecule has 0 atom stereocenters. The Labute approximate surface area is 189 Å². The molecule has 4 aromatic rings. The maximum Gasteiger partial charge on any atom is 0.490 e. The van der Waals surface area contributed by atoms with Crippen molar-refractivity contribution >= 4 is 17.4 Å². The van der Waals surface area contributed by atoms with Gasteiger partial charge in [0.15, 0.2) is 5.69 Å². The molecule has 4 rings (SSSR count). The third-order valence-corrected chi connectivity index (χ3v) is 4.42. The van der Waals surface area contributed by atoms with E-state index in [0.29, 0.717) is 17.6 Å². The first-order chi connectivity index (χ1) is 16.2. The highest BCUT2D eigenvalue weighted by atomic mass is 19.4. The predicted molar refractivity (Wildman–Crippen MR) is 111 cm³/mol. The summed E-state index contributed by atoms with van der Waals surface area (Å²) in [5, 5.41) is 9.82. The Morgan fingerprint density at radius 2 is 1.79 bits per heavy atom. The number of nitrogens with one attached hydrogen (secondary N) is 1. The first kappa shape index (κ1) is 24.3. The minimum Gasteiger partial charge on any atom is -0.475 e. The van der Waals surface area contributed by atoms with Gasteiger partial charge in [-0.2, -0.15) is 13.2 Å². The molecule has 0 saturated heterocycles. The number of pyridine rings is 3. The highest BCUT2D eigenvalue weighted by Gasteiger charge is 2.38. The molecule has 0 bridgehead atoms. The van der Waals surface area contributed by atoms with Crippen LogP contribution in [0.15, 0.2) is 67.3 Å². The van der Waals surface area contributed by atoms with E-state index in [2.05, 4.69) is 20.3 Å². The van der Waals surface area contributed by atoms with Gasteiger partial charge in [0.1, 0.15) is 11.6 Å². The minimum absolute atomic E-state index is 0.00466. The summed E-state index contributed by atoms with van der Waals surface area (Å²) in [7, 11) is 0. The van der Waals surface area contributed by atoms with Gasteiger partial charge in [0, 0.05) is 31.2 Å². The van der Waals surface area contributed by atoms with Gasteiger partial charge in [-0.15, -0.1) is 0 Å². The van der Waals surface area contributed by atoms with Gasteiger partial charge < -0.3 is 14.8 Å². The number of aliphatic carboxylic acids is 1. The second kappa shape index (κ2) is 10.5. The highest BCUT2D eigenvalue weighted by molar-refractivity contribution is 5.99. The van der Waals surface area contributed by atoms with Crippen LogP contribution in [0.1, 0.15) is 27.6 Å². The molecule has 34 heavy (non-hydrogen) atoms. The van der Waals surface area contributed by atoms with E-state index in [-0.39, 0.29) is 18.1 Å². The van der Waals surface area contributed by atoms with E-state index < -0.39 is 18.0 Å². The number of halogens is 4. The third-order valence-electron chi connectivity index (χ3n) is 4.42. The van der Waals surface area contributed by atoms with Crippen molar-refractivity contribution in [2.75, 3.05) is 0 Å². The number of carbonyl (C=O) groups excluding carboxylic acids is 1. The number of imidazole rings is 1. The van der Waals surface area contributed by atoms with Crippen molar-refractivity contribution in [1.29, 1.82) is 0 Å². The Bertz CT molecular complexity index is 1290. The lowest BCUT2D eigenvalue weighted by molar-refractivity contribution is -0.192. The van der Waals surface area contributed by atoms with Crippen molar-refractivity contribution in [1.82, 2.24) is 24.7 Å². The zero-order chi connectivity index (χ0) is 24.7. The summed E-state index contributed by atoms with van der Waals surface area (Å²) in [6, 6.07) is 12.2. The van der Waals surface area contributed by atoms with E-state index in [1.54, 1.807) is 12.4 Å². The van der Waals surface area contributed by atoms with Crippen molar-refractivity contribution in [2.24, 2.45) is 0 Å². The Hall–Kier alpha value is -4.35. The van der Waals surface area contributed by atoms with Crippen LogP contribution >= 0.6 is 0 Å². The molecule has 0 aliphatic heterocycles. The molecule has 4 heterocycles. The van der Waals surface area contributed by atoms with Gasteiger partial charge in [0.2, 0.25) is 0 Å². The molecule has 0 fully saturated rings. The van der Waals surface area contributed by atoms with Crippen LogP contribution in [0.4, 0.5) is 17.6 Å². The molecule has 0 spiro atoms. The second-order valence-corrected chi connectivity index (χ2v) is 6.79. The summed E-state index contributed by atoms with van der Waals surface area (Å²) in [5.74, 6) is -2.86. The van der Waals surface area contributed by atoms with Crippen LogP contribution in [-0.2, 0) is 17.8 Å². The van der Waals surface area contributed by atoms with Crippen LogP contribution in [0.25, 0.3) is 5.52 Å². The van der Waals surface area contributed by atoms with Crippen molar-refractivity contribution < 1.29 is 32.3 Å². The standard InChI is InChI=1S/C20H16FN5O.C2HF3O2/c21-15-6-4-9-23-16(15)13-24-20(27)19-17-7-1-2-10-26(17)18(25-19)11-14-5-3-8-22-12-14;3-2(4,5)1(6)7/h1-10,12H,11,13H2,(H,24,27);(H,6,7). The molecule has 0 aliphatic rings. The molecular formula is C22H17F4N5O3. The molecule has 1 amide bonds. The molecule has 176 valence electrons. The number of carboxylic acid groups (broad SMARTS) is 1. The summed E-state index contributed by atoms with van der Waals surface area (Å²) in [6.45, 7) is -0.00466. The van der Waals surface area contributed by atoms with Gasteiger partial charge in [-0.25, -0.2) is 14.2 Å². The zero-order valence-electron chi connectivity index (χ0n) is 17.3. The monoisotopic (exact) mass is 475 g/mol. The van der Waals surface area contributed by atoms with Crippen molar-refractivity contribution in [2.45, 2.75) is 19.1 Å². The van der Waals surface area contributed by atoms with E-state index in [4.69, 9.17) is 9.90 Å². The summed E-state index contributed by atoms with van der Waals surface area (Å²) < 4.78 is 47.3. The first-order valence-electron chi connectivity index (χ1n) is 9.69. The quantitative estimate of drug-likeness (QED) is 0.428. The van der Waals surface area contributed by atoms with Crippen LogP contribution < -0.4 is 5.32 Å². The van der Waals surface area contributed by atoms with Gasteiger partial charge >= 0.3 is 12.1 Å². The van der Waals surface area contributed by atoms with Gasteiger partial charge in [0.05, 0.1) is 17.8 Å². The van der Waals surface area contributed by atoms with E-state index in [0.717, 1.165) is 11.4 Å². The van der Waals surface area contributed by atoms with Crippen LogP contribution in [0, 0.1) is 5.82 Å². The van der Waals surface area contributed by atoms with Crippen LogP contribution in [-0.4, -0.2) is 42.5 Å². The van der Waals surface area contributed by atoms with Gasteiger partial charge in [-0.1, -0.05) is 12.1 Å². The molecule has 12 heteroatoms. The van der Waals surface area contributed by atoms with Crippen molar-refractivity contribution in [3.8, 4) is 0 Å². The zero-order valence-corrected chi connectivity index (χ0v) is 17.3. The normalized spacial score (nSPS) is 10.9. The number of aromatic nitrogens is 4. The number of amides is 1. The third kappa shape index (κ3) is 6.12. The van der Waals surface area contributed by atoms with E-state index >= 15 is 0 Å².